The van der Waals surface area contributed by atoms with E-state index in [-0.39, 0.29) is 0 Å². The Morgan fingerprint density at radius 2 is 0.500 bits per heavy atom. The van der Waals surface area contributed by atoms with E-state index < -0.39 is 0 Å². The second-order valence-electron chi connectivity index (χ2n) is 15.1. The Labute approximate surface area is 344 Å². The standard InChI is InChI=1S/C56H34S2/c1-3-15-37(16-4-1)51-49(41-19-7-9-21-43(41)53-45-23-11-13-25-47(45)57-55(51)53)39-31-27-35(28-32-39)36-29-33-40(34-30-36)50-42-20-8-10-22-44(42)54-46-24-12-14-26-48(46)58-56(54)52(50)38-17-5-2-6-18-38/h1-34H. The van der Waals surface area contributed by atoms with Gasteiger partial charge in [0, 0.05) is 51.5 Å². The van der Waals surface area contributed by atoms with Crippen LogP contribution in [0.4, 0.5) is 0 Å². The quantitative estimate of drug-likeness (QED) is 0.164. The van der Waals surface area contributed by atoms with Crippen molar-refractivity contribution in [1.82, 2.24) is 0 Å². The van der Waals surface area contributed by atoms with Gasteiger partial charge < -0.3 is 0 Å². The molecule has 0 aliphatic carbocycles. The van der Waals surface area contributed by atoms with Crippen molar-refractivity contribution < 1.29 is 0 Å². The summed E-state index contributed by atoms with van der Waals surface area (Å²) >= 11 is 3.82. The third kappa shape index (κ3) is 5.12. The number of fused-ring (bicyclic) bond motifs is 10. The number of hydrogen-bond acceptors (Lipinski definition) is 2. The molecule has 2 heteroatoms. The Hall–Kier alpha value is -6.84. The van der Waals surface area contributed by atoms with E-state index in [9.17, 15) is 0 Å². The van der Waals surface area contributed by atoms with E-state index in [0.717, 1.165) is 0 Å². The second kappa shape index (κ2) is 13.4. The molecule has 58 heavy (non-hydrogen) atoms. The number of rotatable bonds is 5. The minimum absolute atomic E-state index is 1.21. The van der Waals surface area contributed by atoms with Gasteiger partial charge in [-0.1, -0.05) is 194 Å². The van der Waals surface area contributed by atoms with E-state index >= 15 is 0 Å². The van der Waals surface area contributed by atoms with Gasteiger partial charge in [-0.25, -0.2) is 0 Å². The molecule has 0 unspecified atom stereocenters. The highest BCUT2D eigenvalue weighted by Crippen LogP contribution is 2.52. The topological polar surface area (TPSA) is 0 Å². The molecule has 0 bridgehead atoms. The first kappa shape index (κ1) is 33.3. The van der Waals surface area contributed by atoms with Crippen molar-refractivity contribution >= 4 is 84.6 Å². The van der Waals surface area contributed by atoms with Gasteiger partial charge in [0.25, 0.3) is 0 Å². The highest BCUT2D eigenvalue weighted by atomic mass is 32.1. The van der Waals surface area contributed by atoms with Gasteiger partial charge in [-0.3, -0.25) is 0 Å². The molecule has 0 spiro atoms. The van der Waals surface area contributed by atoms with Crippen molar-refractivity contribution in [3.63, 3.8) is 0 Å². The minimum atomic E-state index is 1.21. The first-order valence-corrected chi connectivity index (χ1v) is 21.5. The van der Waals surface area contributed by atoms with Crippen LogP contribution in [0.15, 0.2) is 206 Å². The molecule has 0 aliphatic rings. The average Bonchev–Trinajstić information content (AvgIpc) is 3.88. The Bertz CT molecular complexity index is 3280. The number of hydrogen-bond donors (Lipinski definition) is 0. The van der Waals surface area contributed by atoms with Gasteiger partial charge in [0.15, 0.2) is 0 Å². The van der Waals surface area contributed by atoms with Crippen LogP contribution >= 0.6 is 22.7 Å². The summed E-state index contributed by atoms with van der Waals surface area (Å²) in [5, 5.41) is 10.5. The van der Waals surface area contributed by atoms with Gasteiger partial charge in [0.05, 0.1) is 0 Å². The molecule has 0 amide bonds. The molecule has 2 heterocycles. The van der Waals surface area contributed by atoms with Crippen LogP contribution in [-0.2, 0) is 0 Å². The Balaban J connectivity index is 1.01. The summed E-state index contributed by atoms with van der Waals surface area (Å²) in [7, 11) is 0. The maximum Gasteiger partial charge on any atom is 0.0446 e. The van der Waals surface area contributed by atoms with Crippen LogP contribution in [0.3, 0.4) is 0 Å². The summed E-state index contributed by atoms with van der Waals surface area (Å²) < 4.78 is 5.33. The number of thiophene rings is 2. The molecule has 10 aromatic carbocycles. The highest BCUT2D eigenvalue weighted by Gasteiger charge is 2.23. The van der Waals surface area contributed by atoms with Gasteiger partial charge in [-0.05, 0) is 78.2 Å². The molecule has 0 fully saturated rings. The number of benzene rings is 10. The largest absolute Gasteiger partial charge is 0.134 e. The molecule has 270 valence electrons. The van der Waals surface area contributed by atoms with Crippen molar-refractivity contribution in [2.75, 3.05) is 0 Å². The summed E-state index contributed by atoms with van der Waals surface area (Å²) in [4.78, 5) is 0. The predicted molar refractivity (Wildman–Crippen MR) is 254 cm³/mol. The summed E-state index contributed by atoms with van der Waals surface area (Å²) in [5.74, 6) is 0. The van der Waals surface area contributed by atoms with Gasteiger partial charge in [0.1, 0.15) is 0 Å². The van der Waals surface area contributed by atoms with E-state index in [1.165, 1.54) is 118 Å². The average molecular weight is 771 g/mol. The van der Waals surface area contributed by atoms with Gasteiger partial charge in [0.2, 0.25) is 0 Å². The zero-order chi connectivity index (χ0) is 38.2. The minimum Gasteiger partial charge on any atom is -0.134 e. The van der Waals surface area contributed by atoms with Crippen LogP contribution < -0.4 is 0 Å². The van der Waals surface area contributed by atoms with Crippen molar-refractivity contribution in [2.24, 2.45) is 0 Å². The molecule has 0 radical (unpaired) electrons. The lowest BCUT2D eigenvalue weighted by Gasteiger charge is -2.18. The molecule has 12 rings (SSSR count). The zero-order valence-electron chi connectivity index (χ0n) is 31.4. The van der Waals surface area contributed by atoms with Gasteiger partial charge in [-0.2, -0.15) is 0 Å². The molecule has 0 N–H and O–H groups in total. The van der Waals surface area contributed by atoms with Crippen molar-refractivity contribution in [3.05, 3.63) is 206 Å². The molecule has 0 atom stereocenters. The fourth-order valence-electron chi connectivity index (χ4n) is 9.33. The van der Waals surface area contributed by atoms with E-state index in [0.29, 0.717) is 0 Å². The maximum atomic E-state index is 2.33. The lowest BCUT2D eigenvalue weighted by atomic mass is 9.86. The maximum absolute atomic E-state index is 2.33. The van der Waals surface area contributed by atoms with Crippen LogP contribution in [0.5, 0.6) is 0 Å². The van der Waals surface area contributed by atoms with Crippen LogP contribution in [0, 0.1) is 0 Å². The first-order valence-electron chi connectivity index (χ1n) is 19.8. The summed E-state index contributed by atoms with van der Waals surface area (Å²) in [5.41, 5.74) is 12.6. The normalized spacial score (nSPS) is 11.8. The smallest absolute Gasteiger partial charge is 0.0446 e. The molecule has 0 saturated carbocycles. The van der Waals surface area contributed by atoms with Crippen molar-refractivity contribution in [3.8, 4) is 55.6 Å². The fraction of sp³-hybridized carbons (Fsp3) is 0. The van der Waals surface area contributed by atoms with Crippen molar-refractivity contribution in [2.45, 2.75) is 0 Å². The zero-order valence-corrected chi connectivity index (χ0v) is 33.1. The van der Waals surface area contributed by atoms with E-state index in [2.05, 4.69) is 206 Å². The molecular weight excluding hydrogens is 737 g/mol. The van der Waals surface area contributed by atoms with Gasteiger partial charge >= 0.3 is 0 Å². The van der Waals surface area contributed by atoms with Crippen LogP contribution in [0.2, 0.25) is 0 Å². The second-order valence-corrected chi connectivity index (χ2v) is 17.2. The third-order valence-corrected chi connectivity index (χ3v) is 14.3. The SMILES string of the molecule is c1ccc(-c2c(-c3ccc(-c4ccc(-c5c(-c6ccccc6)c6sc7ccccc7c6c6ccccc56)cc4)cc3)c3ccccc3c3c2sc2ccccc23)cc1. The summed E-state index contributed by atoms with van der Waals surface area (Å²) in [6.45, 7) is 0. The summed E-state index contributed by atoms with van der Waals surface area (Å²) in [6.07, 6.45) is 0. The Kier molecular flexibility index (Phi) is 7.69. The first-order chi connectivity index (χ1) is 28.8. The monoisotopic (exact) mass is 770 g/mol. The third-order valence-electron chi connectivity index (χ3n) is 11.9. The van der Waals surface area contributed by atoms with E-state index in [1.54, 1.807) is 0 Å². The van der Waals surface area contributed by atoms with E-state index in [4.69, 9.17) is 0 Å². The Morgan fingerprint density at radius 3 is 0.897 bits per heavy atom. The molecular formula is C56H34S2. The molecule has 0 saturated heterocycles. The molecule has 12 aromatic rings. The predicted octanol–water partition coefficient (Wildman–Crippen LogP) is 17.1. The van der Waals surface area contributed by atoms with E-state index in [1.807, 2.05) is 22.7 Å². The van der Waals surface area contributed by atoms with Gasteiger partial charge in [-0.15, -0.1) is 22.7 Å². The lowest BCUT2D eigenvalue weighted by Crippen LogP contribution is -1.91. The molecule has 2 aromatic heterocycles. The highest BCUT2D eigenvalue weighted by molar-refractivity contribution is 7.27. The molecule has 0 aliphatic heterocycles. The Morgan fingerprint density at radius 1 is 0.207 bits per heavy atom. The van der Waals surface area contributed by atoms with Crippen LogP contribution in [0.1, 0.15) is 0 Å². The van der Waals surface area contributed by atoms with Crippen LogP contribution in [-0.4, -0.2) is 0 Å². The lowest BCUT2D eigenvalue weighted by molar-refractivity contribution is 1.59. The fourth-order valence-corrected chi connectivity index (χ4v) is 11.9. The van der Waals surface area contributed by atoms with Crippen LogP contribution in [0.25, 0.3) is 118 Å². The molecule has 0 nitrogen and oxygen atoms in total. The summed E-state index contributed by atoms with van der Waals surface area (Å²) in [6, 6.07) is 76.1. The van der Waals surface area contributed by atoms with Crippen molar-refractivity contribution in [1.29, 1.82) is 0 Å².